The van der Waals surface area contributed by atoms with E-state index < -0.39 is 6.04 Å². The summed E-state index contributed by atoms with van der Waals surface area (Å²) in [6, 6.07) is 6.45. The Balaban J connectivity index is 1.31. The summed E-state index contributed by atoms with van der Waals surface area (Å²) in [4.78, 5) is 38.3. The van der Waals surface area contributed by atoms with Crippen LogP contribution in [0, 0.1) is 5.92 Å². The lowest BCUT2D eigenvalue weighted by molar-refractivity contribution is -0.136. The Bertz CT molecular complexity index is 811. The van der Waals surface area contributed by atoms with Crippen LogP contribution >= 0.6 is 0 Å². The number of nitrogens with one attached hydrogen (secondary N) is 3. The van der Waals surface area contributed by atoms with Gasteiger partial charge >= 0.3 is 0 Å². The molecule has 7 heteroatoms. The molecule has 3 fully saturated rings. The number of hydrogen-bond donors (Lipinski definition) is 3. The first-order valence-electron chi connectivity index (χ1n) is 9.85. The minimum Gasteiger partial charge on any atom is -0.322 e. The van der Waals surface area contributed by atoms with Crippen LogP contribution in [0.3, 0.4) is 0 Å². The summed E-state index contributed by atoms with van der Waals surface area (Å²) in [5.41, 5.74) is 2.69. The van der Waals surface area contributed by atoms with Crippen molar-refractivity contribution in [2.75, 3.05) is 6.54 Å². The first-order valence-corrected chi connectivity index (χ1v) is 9.85. The number of imide groups is 1. The van der Waals surface area contributed by atoms with Crippen molar-refractivity contribution in [2.45, 2.75) is 56.9 Å². The van der Waals surface area contributed by atoms with Crippen molar-refractivity contribution in [3.63, 3.8) is 0 Å². The summed E-state index contributed by atoms with van der Waals surface area (Å²) in [5, 5.41) is 9.52. The summed E-state index contributed by atoms with van der Waals surface area (Å²) in [7, 11) is 0. The van der Waals surface area contributed by atoms with Gasteiger partial charge in [0.2, 0.25) is 11.8 Å². The second-order valence-electron chi connectivity index (χ2n) is 8.04. The molecular formula is C20H24N4O3. The Hall–Kier alpha value is -2.25. The van der Waals surface area contributed by atoms with Crippen molar-refractivity contribution < 1.29 is 14.4 Å². The highest BCUT2D eigenvalue weighted by Gasteiger charge is 2.50. The van der Waals surface area contributed by atoms with E-state index in [2.05, 4.69) is 16.0 Å². The van der Waals surface area contributed by atoms with Gasteiger partial charge in [-0.25, -0.2) is 0 Å². The fourth-order valence-corrected chi connectivity index (χ4v) is 4.96. The van der Waals surface area contributed by atoms with E-state index in [1.165, 1.54) is 12.8 Å². The number of benzene rings is 1. The third-order valence-electron chi connectivity index (χ3n) is 6.43. The lowest BCUT2D eigenvalue weighted by Crippen LogP contribution is -2.52. The third kappa shape index (κ3) is 2.85. The Kier molecular flexibility index (Phi) is 4.02. The SMILES string of the molecule is O=C1CCC(N2Cc3cccc(CNC4C5CCCNC54)c3C2=O)C(=O)N1. The fourth-order valence-electron chi connectivity index (χ4n) is 4.96. The molecule has 27 heavy (non-hydrogen) atoms. The predicted molar refractivity (Wildman–Crippen MR) is 97.6 cm³/mol. The maximum Gasteiger partial charge on any atom is 0.255 e. The van der Waals surface area contributed by atoms with Crippen LogP contribution in [-0.4, -0.2) is 47.3 Å². The molecule has 4 atom stereocenters. The minimum absolute atomic E-state index is 0.0942. The van der Waals surface area contributed by atoms with Gasteiger partial charge in [-0.2, -0.15) is 0 Å². The Morgan fingerprint density at radius 3 is 2.85 bits per heavy atom. The lowest BCUT2D eigenvalue weighted by Gasteiger charge is -2.29. The van der Waals surface area contributed by atoms with E-state index in [9.17, 15) is 14.4 Å². The summed E-state index contributed by atoms with van der Waals surface area (Å²) in [6.45, 7) is 2.20. The highest BCUT2D eigenvalue weighted by Crippen LogP contribution is 2.38. The molecule has 4 unspecified atom stereocenters. The second-order valence-corrected chi connectivity index (χ2v) is 8.04. The van der Waals surface area contributed by atoms with Gasteiger partial charge in [0.1, 0.15) is 6.04 Å². The molecule has 0 spiro atoms. The number of hydrogen-bond acceptors (Lipinski definition) is 5. The first-order chi connectivity index (χ1) is 13.1. The second kappa shape index (κ2) is 6.42. The van der Waals surface area contributed by atoms with Crippen LogP contribution in [0.15, 0.2) is 18.2 Å². The van der Waals surface area contributed by atoms with Crippen LogP contribution in [0.2, 0.25) is 0 Å². The summed E-state index contributed by atoms with van der Waals surface area (Å²) < 4.78 is 0. The Morgan fingerprint density at radius 2 is 2.07 bits per heavy atom. The maximum atomic E-state index is 13.1. The van der Waals surface area contributed by atoms with E-state index in [0.717, 1.165) is 23.2 Å². The van der Waals surface area contributed by atoms with Gasteiger partial charge < -0.3 is 15.5 Å². The van der Waals surface area contributed by atoms with E-state index in [1.54, 1.807) is 4.90 Å². The van der Waals surface area contributed by atoms with E-state index in [1.807, 2.05) is 18.2 Å². The monoisotopic (exact) mass is 368 g/mol. The van der Waals surface area contributed by atoms with Crippen LogP contribution in [0.25, 0.3) is 0 Å². The number of rotatable bonds is 4. The molecule has 3 N–H and O–H groups in total. The molecular weight excluding hydrogens is 344 g/mol. The fraction of sp³-hybridized carbons (Fsp3) is 0.550. The number of nitrogens with zero attached hydrogens (tertiary/aromatic N) is 1. The Labute approximate surface area is 157 Å². The topological polar surface area (TPSA) is 90.5 Å². The number of carbonyl (C=O) groups excluding carboxylic acids is 3. The summed E-state index contributed by atoms with van der Waals surface area (Å²) in [5.74, 6) is -0.000519. The van der Waals surface area contributed by atoms with Crippen molar-refractivity contribution in [2.24, 2.45) is 5.92 Å². The van der Waals surface area contributed by atoms with Gasteiger partial charge in [0, 0.05) is 37.2 Å². The van der Waals surface area contributed by atoms with Crippen molar-refractivity contribution in [1.29, 1.82) is 0 Å². The molecule has 2 saturated heterocycles. The average Bonchev–Trinajstić information content (AvgIpc) is 3.27. The maximum absolute atomic E-state index is 13.1. The summed E-state index contributed by atoms with van der Waals surface area (Å²) in [6.07, 6.45) is 3.18. The van der Waals surface area contributed by atoms with E-state index in [4.69, 9.17) is 0 Å². The molecule has 1 aliphatic carbocycles. The molecule has 1 aromatic rings. The largest absolute Gasteiger partial charge is 0.322 e. The molecule has 0 radical (unpaired) electrons. The standard InChI is InChI=1S/C20H24N4O3/c25-15-7-6-14(19(26)23-15)24-10-12-4-1-3-11(16(12)20(24)27)9-22-18-13-5-2-8-21-17(13)18/h1,3-4,13-14,17-18,21-22H,2,5-10H2,(H,23,25,26). The van der Waals surface area contributed by atoms with Crippen LogP contribution in [-0.2, 0) is 22.7 Å². The predicted octanol–water partition coefficient (Wildman–Crippen LogP) is 0.288. The molecule has 0 bridgehead atoms. The van der Waals surface area contributed by atoms with Crippen molar-refractivity contribution in [1.82, 2.24) is 20.9 Å². The van der Waals surface area contributed by atoms with Gasteiger partial charge in [0.15, 0.2) is 0 Å². The third-order valence-corrected chi connectivity index (χ3v) is 6.43. The van der Waals surface area contributed by atoms with Crippen molar-refractivity contribution in [3.05, 3.63) is 34.9 Å². The number of fused-ring (bicyclic) bond motifs is 2. The van der Waals surface area contributed by atoms with Crippen LogP contribution in [0.4, 0.5) is 0 Å². The van der Waals surface area contributed by atoms with Crippen molar-refractivity contribution in [3.8, 4) is 0 Å². The number of carbonyl (C=O) groups is 3. The first kappa shape index (κ1) is 16.9. The van der Waals surface area contributed by atoms with Crippen molar-refractivity contribution >= 4 is 17.7 Å². The molecule has 4 aliphatic rings. The van der Waals surface area contributed by atoms with Crippen LogP contribution in [0.5, 0.6) is 0 Å². The summed E-state index contributed by atoms with van der Waals surface area (Å²) >= 11 is 0. The lowest BCUT2D eigenvalue weighted by atomic mass is 10.0. The molecule has 1 aromatic carbocycles. The van der Waals surface area contributed by atoms with Crippen LogP contribution < -0.4 is 16.0 Å². The molecule has 0 aromatic heterocycles. The number of piperidine rings is 2. The zero-order valence-electron chi connectivity index (χ0n) is 15.2. The van der Waals surface area contributed by atoms with Gasteiger partial charge in [-0.05, 0) is 42.9 Å². The smallest absolute Gasteiger partial charge is 0.255 e. The normalized spacial score (nSPS) is 32.1. The molecule has 3 heterocycles. The minimum atomic E-state index is -0.557. The highest BCUT2D eigenvalue weighted by atomic mass is 16.2. The van der Waals surface area contributed by atoms with Gasteiger partial charge in [-0.1, -0.05) is 18.2 Å². The van der Waals surface area contributed by atoms with E-state index in [-0.39, 0.29) is 24.1 Å². The van der Waals surface area contributed by atoms with Gasteiger partial charge in [0.05, 0.1) is 0 Å². The van der Waals surface area contributed by atoms with E-state index >= 15 is 0 Å². The van der Waals surface area contributed by atoms with Gasteiger partial charge in [-0.3, -0.25) is 19.7 Å². The molecule has 3 amide bonds. The van der Waals surface area contributed by atoms with Gasteiger partial charge in [0.25, 0.3) is 5.91 Å². The van der Waals surface area contributed by atoms with E-state index in [0.29, 0.717) is 37.5 Å². The van der Waals surface area contributed by atoms with Gasteiger partial charge in [-0.15, -0.1) is 0 Å². The Morgan fingerprint density at radius 1 is 1.19 bits per heavy atom. The van der Waals surface area contributed by atoms with Crippen LogP contribution in [0.1, 0.15) is 47.2 Å². The zero-order valence-corrected chi connectivity index (χ0v) is 15.2. The molecule has 3 aliphatic heterocycles. The molecule has 7 nitrogen and oxygen atoms in total. The molecule has 142 valence electrons. The molecule has 5 rings (SSSR count). The zero-order chi connectivity index (χ0) is 18.5. The highest BCUT2D eigenvalue weighted by molar-refractivity contribution is 6.05. The number of amides is 3. The average molecular weight is 368 g/mol. The molecule has 1 saturated carbocycles. The quantitative estimate of drug-likeness (QED) is 0.665.